The van der Waals surface area contributed by atoms with Crippen molar-refractivity contribution in [3.8, 4) is 6.07 Å². The third-order valence-corrected chi connectivity index (χ3v) is 5.50. The van der Waals surface area contributed by atoms with Gasteiger partial charge in [0, 0.05) is 36.1 Å². The van der Waals surface area contributed by atoms with Crippen LogP contribution >= 0.6 is 0 Å². The molecule has 29 heavy (non-hydrogen) atoms. The fourth-order valence-corrected chi connectivity index (χ4v) is 3.61. The van der Waals surface area contributed by atoms with E-state index in [0.717, 1.165) is 36.0 Å². The molecule has 4 rings (SSSR count). The topological polar surface area (TPSA) is 75.8 Å². The van der Waals surface area contributed by atoms with Gasteiger partial charge in [0.25, 0.3) is 5.56 Å². The van der Waals surface area contributed by atoms with Crippen LogP contribution in [0.15, 0.2) is 65.8 Å². The smallest absolute Gasteiger partial charge is 0.250 e. The lowest BCUT2D eigenvalue weighted by Gasteiger charge is -2.23. The zero-order chi connectivity index (χ0) is 20.2. The van der Waals surface area contributed by atoms with Gasteiger partial charge < -0.3 is 4.57 Å². The number of carbonyl (C=O) groups excluding carboxylic acids is 1. The van der Waals surface area contributed by atoms with E-state index in [-0.39, 0.29) is 17.3 Å². The molecule has 1 saturated carbocycles. The zero-order valence-electron chi connectivity index (χ0n) is 16.0. The molecule has 1 fully saturated rings. The minimum absolute atomic E-state index is 0.0977. The highest BCUT2D eigenvalue weighted by Crippen LogP contribution is 2.30. The molecule has 3 aromatic rings. The van der Waals surface area contributed by atoms with Gasteiger partial charge in [-0.2, -0.15) is 5.26 Å². The maximum absolute atomic E-state index is 12.5. The predicted molar refractivity (Wildman–Crippen MR) is 110 cm³/mol. The third kappa shape index (κ3) is 4.17. The number of hydrogen-bond acceptors (Lipinski definition) is 4. The number of Topliss-reactive ketones (excluding diaryl/α,β-unsaturated/α-hetero) is 1. The molecule has 0 saturated heterocycles. The number of pyridine rings is 2. The van der Waals surface area contributed by atoms with E-state index in [2.05, 4.69) is 11.1 Å². The number of hydrogen-bond donors (Lipinski definition) is 0. The second-order valence-corrected chi connectivity index (χ2v) is 7.52. The molecule has 2 heterocycles. The van der Waals surface area contributed by atoms with E-state index in [1.54, 1.807) is 35.3 Å². The van der Waals surface area contributed by atoms with Crippen LogP contribution in [-0.2, 0) is 13.0 Å². The van der Waals surface area contributed by atoms with E-state index >= 15 is 0 Å². The quantitative estimate of drug-likeness (QED) is 0.608. The van der Waals surface area contributed by atoms with Crippen LogP contribution in [0, 0.1) is 17.2 Å². The third-order valence-electron chi connectivity index (χ3n) is 5.50. The Morgan fingerprint density at radius 2 is 2.00 bits per heavy atom. The lowest BCUT2D eigenvalue weighted by atomic mass is 9.80. The minimum Gasteiger partial charge on any atom is -0.311 e. The molecule has 0 amide bonds. The summed E-state index contributed by atoms with van der Waals surface area (Å²) in [6.07, 6.45) is 8.79. The Morgan fingerprint density at radius 1 is 1.14 bits per heavy atom. The van der Waals surface area contributed by atoms with Crippen LogP contribution in [0.4, 0.5) is 0 Å². The van der Waals surface area contributed by atoms with Crippen LogP contribution in [0.5, 0.6) is 0 Å². The zero-order valence-corrected chi connectivity index (χ0v) is 16.0. The van der Waals surface area contributed by atoms with Gasteiger partial charge in [-0.1, -0.05) is 24.6 Å². The van der Waals surface area contributed by atoms with E-state index in [1.807, 2.05) is 24.3 Å². The summed E-state index contributed by atoms with van der Waals surface area (Å²) in [4.78, 5) is 28.6. The van der Waals surface area contributed by atoms with Crippen molar-refractivity contribution in [2.45, 2.75) is 32.2 Å². The molecule has 0 atom stereocenters. The maximum atomic E-state index is 12.5. The van der Waals surface area contributed by atoms with Crippen LogP contribution in [-0.4, -0.2) is 15.3 Å². The van der Waals surface area contributed by atoms with Crippen molar-refractivity contribution in [3.05, 3.63) is 99.2 Å². The Labute approximate surface area is 169 Å². The molecule has 0 radical (unpaired) electrons. The largest absolute Gasteiger partial charge is 0.311 e. The second-order valence-electron chi connectivity index (χ2n) is 7.52. The summed E-state index contributed by atoms with van der Waals surface area (Å²) in [7, 11) is 0. The highest BCUT2D eigenvalue weighted by atomic mass is 16.1. The van der Waals surface area contributed by atoms with Crippen molar-refractivity contribution in [3.63, 3.8) is 0 Å². The van der Waals surface area contributed by atoms with Crippen molar-refractivity contribution in [2.75, 3.05) is 0 Å². The normalized spacial score (nSPS) is 13.5. The number of aromatic nitrogens is 2. The summed E-state index contributed by atoms with van der Waals surface area (Å²) in [6.45, 7) is 0.357. The van der Waals surface area contributed by atoms with Crippen molar-refractivity contribution in [2.24, 2.45) is 5.92 Å². The number of benzene rings is 1. The molecule has 2 aromatic heterocycles. The Kier molecular flexibility index (Phi) is 5.35. The Balaban J connectivity index is 1.54. The molecule has 0 spiro atoms. The Bertz CT molecular complexity index is 1150. The molecule has 1 aromatic carbocycles. The summed E-state index contributed by atoms with van der Waals surface area (Å²) in [5.41, 5.74) is 3.85. The highest BCUT2D eigenvalue weighted by Gasteiger charge is 2.26. The van der Waals surface area contributed by atoms with Gasteiger partial charge in [-0.3, -0.25) is 14.6 Å². The van der Waals surface area contributed by atoms with E-state index in [1.165, 1.54) is 6.07 Å². The van der Waals surface area contributed by atoms with Crippen molar-refractivity contribution in [1.29, 1.82) is 5.26 Å². The van der Waals surface area contributed by atoms with Crippen LogP contribution in [0.3, 0.4) is 0 Å². The van der Waals surface area contributed by atoms with Crippen LogP contribution in [0.25, 0.3) is 0 Å². The number of nitrogens with zero attached hydrogens (tertiary/aromatic N) is 3. The summed E-state index contributed by atoms with van der Waals surface area (Å²) >= 11 is 0. The SMILES string of the molecule is N#Cc1cc(Cc2cncc(C(=O)C3CCC3)c2)ccc1Cn1ccccc1=O. The van der Waals surface area contributed by atoms with Gasteiger partial charge in [-0.05, 0) is 54.2 Å². The molecule has 5 nitrogen and oxygen atoms in total. The molecule has 1 aliphatic rings. The lowest BCUT2D eigenvalue weighted by molar-refractivity contribution is 0.0854. The fraction of sp³-hybridized carbons (Fsp3) is 0.250. The fourth-order valence-electron chi connectivity index (χ4n) is 3.61. The minimum atomic E-state index is -0.0977. The van der Waals surface area contributed by atoms with Crippen LogP contribution in [0.1, 0.15) is 51.9 Å². The predicted octanol–water partition coefficient (Wildman–Crippen LogP) is 3.74. The van der Waals surface area contributed by atoms with Gasteiger partial charge >= 0.3 is 0 Å². The van der Waals surface area contributed by atoms with Crippen LogP contribution in [0.2, 0.25) is 0 Å². The van der Waals surface area contributed by atoms with E-state index < -0.39 is 0 Å². The first-order valence-electron chi connectivity index (χ1n) is 9.79. The first kappa shape index (κ1) is 18.8. The highest BCUT2D eigenvalue weighted by molar-refractivity contribution is 5.98. The van der Waals surface area contributed by atoms with Gasteiger partial charge in [0.2, 0.25) is 0 Å². The monoisotopic (exact) mass is 383 g/mol. The van der Waals surface area contributed by atoms with Crippen LogP contribution < -0.4 is 5.56 Å². The lowest BCUT2D eigenvalue weighted by Crippen LogP contribution is -2.22. The number of ketones is 1. The molecular formula is C24H21N3O2. The first-order chi connectivity index (χ1) is 14.1. The molecule has 144 valence electrons. The van der Waals surface area contributed by atoms with Crippen molar-refractivity contribution < 1.29 is 4.79 Å². The Morgan fingerprint density at radius 3 is 2.72 bits per heavy atom. The summed E-state index contributed by atoms with van der Waals surface area (Å²) in [5, 5.41) is 9.57. The molecule has 1 aliphatic carbocycles. The second kappa shape index (κ2) is 8.24. The molecule has 5 heteroatoms. The summed E-state index contributed by atoms with van der Waals surface area (Å²) < 4.78 is 1.58. The van der Waals surface area contributed by atoms with Gasteiger partial charge in [-0.25, -0.2) is 0 Å². The van der Waals surface area contributed by atoms with Gasteiger partial charge in [0.1, 0.15) is 0 Å². The van der Waals surface area contributed by atoms with Gasteiger partial charge in [0.15, 0.2) is 5.78 Å². The van der Waals surface area contributed by atoms with E-state index in [4.69, 9.17) is 0 Å². The molecule has 0 unspecified atom stereocenters. The number of nitriles is 1. The summed E-state index contributed by atoms with van der Waals surface area (Å²) in [5.74, 6) is 0.338. The molecular weight excluding hydrogens is 362 g/mol. The van der Waals surface area contributed by atoms with Crippen molar-refractivity contribution in [1.82, 2.24) is 9.55 Å². The average molecular weight is 383 g/mol. The van der Waals surface area contributed by atoms with E-state index in [0.29, 0.717) is 24.1 Å². The van der Waals surface area contributed by atoms with Gasteiger partial charge in [0.05, 0.1) is 18.2 Å². The molecule has 0 N–H and O–H groups in total. The standard InChI is InChI=1S/C24H21N3O2/c25-13-21-11-17(7-8-20(21)16-27-9-2-1-6-23(27)28)10-18-12-22(15-26-14-18)24(29)19-4-3-5-19/h1-2,6-9,11-12,14-15,19H,3-5,10,16H2. The average Bonchev–Trinajstić information content (AvgIpc) is 2.69. The number of rotatable bonds is 6. The first-order valence-corrected chi connectivity index (χ1v) is 9.79. The maximum Gasteiger partial charge on any atom is 0.250 e. The summed E-state index contributed by atoms with van der Waals surface area (Å²) in [6, 6.07) is 14.9. The van der Waals surface area contributed by atoms with E-state index in [9.17, 15) is 14.9 Å². The molecule has 0 aliphatic heterocycles. The Hall–Kier alpha value is -3.52. The van der Waals surface area contributed by atoms with Crippen molar-refractivity contribution >= 4 is 5.78 Å². The molecule has 0 bridgehead atoms. The van der Waals surface area contributed by atoms with Gasteiger partial charge in [-0.15, -0.1) is 0 Å². The number of carbonyl (C=O) groups is 1.